The SMILES string of the molecule is COC(=O)C[C@H]1C[N+](C)(C)C[C@](C)(CO)O1.[I-]. The van der Waals surface area contributed by atoms with Gasteiger partial charge in [-0.2, -0.15) is 0 Å². The van der Waals surface area contributed by atoms with Crippen molar-refractivity contribution in [3.63, 3.8) is 0 Å². The molecule has 5 nitrogen and oxygen atoms in total. The second-order valence-electron chi connectivity index (χ2n) is 5.40. The predicted octanol–water partition coefficient (Wildman–Crippen LogP) is -3.22. The van der Waals surface area contributed by atoms with Crippen molar-refractivity contribution in [1.82, 2.24) is 0 Å². The van der Waals surface area contributed by atoms with Gasteiger partial charge >= 0.3 is 5.97 Å². The summed E-state index contributed by atoms with van der Waals surface area (Å²) < 4.78 is 11.1. The first-order valence-electron chi connectivity index (χ1n) is 5.48. The lowest BCUT2D eigenvalue weighted by molar-refractivity contribution is -0.909. The summed E-state index contributed by atoms with van der Waals surface area (Å²) in [6, 6.07) is 0. The van der Waals surface area contributed by atoms with Crippen LogP contribution in [0.3, 0.4) is 0 Å². The minimum absolute atomic E-state index is 0. The van der Waals surface area contributed by atoms with Gasteiger partial charge in [0.15, 0.2) is 0 Å². The van der Waals surface area contributed by atoms with Crippen LogP contribution < -0.4 is 24.0 Å². The van der Waals surface area contributed by atoms with Crippen molar-refractivity contribution in [1.29, 1.82) is 0 Å². The molecule has 0 bridgehead atoms. The highest BCUT2D eigenvalue weighted by atomic mass is 127. The van der Waals surface area contributed by atoms with Crippen molar-refractivity contribution in [2.24, 2.45) is 0 Å². The number of hydrogen-bond donors (Lipinski definition) is 1. The van der Waals surface area contributed by atoms with E-state index >= 15 is 0 Å². The van der Waals surface area contributed by atoms with Gasteiger partial charge in [0.25, 0.3) is 0 Å². The van der Waals surface area contributed by atoms with Crippen LogP contribution in [0.15, 0.2) is 0 Å². The second kappa shape index (κ2) is 6.31. The third-order valence-corrected chi connectivity index (χ3v) is 2.87. The van der Waals surface area contributed by atoms with Gasteiger partial charge in [0.1, 0.15) is 24.8 Å². The first-order valence-corrected chi connectivity index (χ1v) is 5.48. The van der Waals surface area contributed by atoms with E-state index in [9.17, 15) is 9.90 Å². The molecule has 0 saturated carbocycles. The molecule has 1 aliphatic rings. The summed E-state index contributed by atoms with van der Waals surface area (Å²) in [5.41, 5.74) is -0.569. The van der Waals surface area contributed by atoms with Crippen molar-refractivity contribution >= 4 is 5.97 Å². The number of quaternary nitrogens is 1. The second-order valence-corrected chi connectivity index (χ2v) is 5.40. The molecule has 0 spiro atoms. The lowest BCUT2D eigenvalue weighted by atomic mass is 10.0. The predicted molar refractivity (Wildman–Crippen MR) is 58.8 cm³/mol. The highest BCUT2D eigenvalue weighted by molar-refractivity contribution is 5.69. The summed E-state index contributed by atoms with van der Waals surface area (Å²) in [5.74, 6) is -0.271. The van der Waals surface area contributed by atoms with E-state index in [0.29, 0.717) is 0 Å². The van der Waals surface area contributed by atoms with Gasteiger partial charge < -0.3 is 43.0 Å². The highest BCUT2D eigenvalue weighted by Crippen LogP contribution is 2.25. The van der Waals surface area contributed by atoms with Gasteiger partial charge in [0.2, 0.25) is 0 Å². The largest absolute Gasteiger partial charge is 1.00 e. The van der Waals surface area contributed by atoms with E-state index in [1.165, 1.54) is 7.11 Å². The zero-order valence-corrected chi connectivity index (χ0v) is 13.1. The monoisotopic (exact) mass is 359 g/mol. The van der Waals surface area contributed by atoms with Crippen molar-refractivity contribution in [3.05, 3.63) is 0 Å². The molecule has 1 heterocycles. The fourth-order valence-electron chi connectivity index (χ4n) is 2.46. The summed E-state index contributed by atoms with van der Waals surface area (Å²) in [5, 5.41) is 9.34. The number of hydrogen-bond acceptors (Lipinski definition) is 4. The number of likely N-dealkylation sites (N-methyl/N-ethyl adjacent to an activating group) is 1. The molecule has 17 heavy (non-hydrogen) atoms. The Bertz CT molecular complexity index is 272. The first kappa shape index (κ1) is 17.1. The van der Waals surface area contributed by atoms with Crippen LogP contribution >= 0.6 is 0 Å². The highest BCUT2D eigenvalue weighted by Gasteiger charge is 2.43. The third-order valence-electron chi connectivity index (χ3n) is 2.87. The normalized spacial score (nSPS) is 31.5. The molecule has 0 unspecified atom stereocenters. The Morgan fingerprint density at radius 3 is 2.65 bits per heavy atom. The molecule has 0 aromatic rings. The number of rotatable bonds is 3. The van der Waals surface area contributed by atoms with Gasteiger partial charge in [-0.1, -0.05) is 0 Å². The number of esters is 1. The smallest absolute Gasteiger partial charge is 0.308 e. The van der Waals surface area contributed by atoms with Crippen molar-refractivity contribution in [2.45, 2.75) is 25.0 Å². The molecule has 0 radical (unpaired) electrons. The van der Waals surface area contributed by atoms with E-state index in [4.69, 9.17) is 4.74 Å². The standard InChI is InChI=1S/C11H22NO4.HI/c1-11(8-13)7-12(2,3)6-9(16-11)5-10(14)15-4;/h9,13H,5-8H2,1-4H3;1H/q+1;/p-1/t9-,11+;/m0./s1. The Morgan fingerprint density at radius 2 is 2.18 bits per heavy atom. The third kappa shape index (κ3) is 5.07. The Balaban J connectivity index is 0.00000256. The quantitative estimate of drug-likeness (QED) is 0.327. The number of morpholine rings is 1. The van der Waals surface area contributed by atoms with Crippen LogP contribution in [0.1, 0.15) is 13.3 Å². The zero-order chi connectivity index (χ0) is 12.4. The number of nitrogens with zero attached hydrogens (tertiary/aromatic N) is 1. The van der Waals surface area contributed by atoms with Crippen LogP contribution in [0.2, 0.25) is 0 Å². The minimum Gasteiger partial charge on any atom is -1.00 e. The van der Waals surface area contributed by atoms with Gasteiger partial charge in [0.05, 0.1) is 34.2 Å². The van der Waals surface area contributed by atoms with Crippen molar-refractivity contribution in [2.75, 3.05) is 40.9 Å². The lowest BCUT2D eigenvalue weighted by Gasteiger charge is -2.46. The number of halogens is 1. The number of aliphatic hydroxyl groups excluding tert-OH is 1. The van der Waals surface area contributed by atoms with Crippen molar-refractivity contribution in [3.8, 4) is 0 Å². The maximum atomic E-state index is 11.2. The van der Waals surface area contributed by atoms with Gasteiger partial charge in [-0.25, -0.2) is 0 Å². The molecule has 1 fully saturated rings. The number of carbonyl (C=O) groups excluding carboxylic acids is 1. The van der Waals surface area contributed by atoms with Crippen molar-refractivity contribution < 1.29 is 47.8 Å². The Morgan fingerprint density at radius 1 is 1.59 bits per heavy atom. The van der Waals surface area contributed by atoms with Crippen LogP contribution in [0.25, 0.3) is 0 Å². The number of carbonyl (C=O) groups is 1. The molecule has 1 N–H and O–H groups in total. The van der Waals surface area contributed by atoms with E-state index < -0.39 is 5.60 Å². The Kier molecular flexibility index (Phi) is 6.34. The molecular weight excluding hydrogens is 337 g/mol. The maximum absolute atomic E-state index is 11.2. The summed E-state index contributed by atoms with van der Waals surface area (Å²) in [7, 11) is 5.51. The molecule has 2 atom stereocenters. The van der Waals surface area contributed by atoms with Crippen LogP contribution in [0, 0.1) is 0 Å². The van der Waals surface area contributed by atoms with E-state index in [1.807, 2.05) is 6.92 Å². The molecule has 1 aliphatic heterocycles. The summed E-state index contributed by atoms with van der Waals surface area (Å²) in [6.07, 6.45) is 0.0571. The number of methoxy groups -OCH3 is 1. The zero-order valence-electron chi connectivity index (χ0n) is 10.9. The Hall–Kier alpha value is 0.0800. The fraction of sp³-hybridized carbons (Fsp3) is 0.909. The van der Waals surface area contributed by atoms with E-state index in [1.54, 1.807) is 0 Å². The number of ether oxygens (including phenoxy) is 2. The molecule has 1 saturated heterocycles. The molecule has 6 heteroatoms. The lowest BCUT2D eigenvalue weighted by Crippen LogP contribution is -3.00. The van der Waals surface area contributed by atoms with Crippen LogP contribution in [-0.4, -0.2) is 68.2 Å². The topological polar surface area (TPSA) is 55.8 Å². The van der Waals surface area contributed by atoms with Crippen LogP contribution in [0.5, 0.6) is 0 Å². The molecule has 0 aliphatic carbocycles. The first-order chi connectivity index (χ1) is 7.30. The molecule has 0 aromatic carbocycles. The van der Waals surface area contributed by atoms with E-state index in [-0.39, 0.29) is 49.1 Å². The molecule has 0 aromatic heterocycles. The summed E-state index contributed by atoms with van der Waals surface area (Å²) in [6.45, 7) is 3.33. The van der Waals surface area contributed by atoms with Gasteiger partial charge in [-0.15, -0.1) is 0 Å². The van der Waals surface area contributed by atoms with Crippen LogP contribution in [-0.2, 0) is 14.3 Å². The van der Waals surface area contributed by atoms with Gasteiger partial charge in [-0.3, -0.25) is 4.79 Å². The maximum Gasteiger partial charge on any atom is 0.308 e. The average molecular weight is 359 g/mol. The molecule has 1 rings (SSSR count). The summed E-state index contributed by atoms with van der Waals surface area (Å²) >= 11 is 0. The molecule has 0 amide bonds. The Labute approximate surface area is 120 Å². The summed E-state index contributed by atoms with van der Waals surface area (Å²) in [4.78, 5) is 11.2. The van der Waals surface area contributed by atoms with Gasteiger partial charge in [0, 0.05) is 0 Å². The van der Waals surface area contributed by atoms with E-state index in [2.05, 4.69) is 18.8 Å². The van der Waals surface area contributed by atoms with Gasteiger partial charge in [-0.05, 0) is 6.92 Å². The number of aliphatic hydroxyl groups is 1. The minimum atomic E-state index is -0.569. The fourth-order valence-corrected chi connectivity index (χ4v) is 2.46. The molecular formula is C11H22INO4. The molecule has 102 valence electrons. The van der Waals surface area contributed by atoms with E-state index in [0.717, 1.165) is 17.6 Å². The van der Waals surface area contributed by atoms with Crippen LogP contribution in [0.4, 0.5) is 0 Å². The average Bonchev–Trinajstić information content (AvgIpc) is 2.14.